The van der Waals surface area contributed by atoms with E-state index in [1.807, 2.05) is 45.9 Å². The molecule has 0 spiro atoms. The molecule has 0 fully saturated rings. The predicted molar refractivity (Wildman–Crippen MR) is 116 cm³/mol. The Morgan fingerprint density at radius 2 is 1.52 bits per heavy atom. The quantitative estimate of drug-likeness (QED) is 0.545. The molecule has 1 atom stereocenters. The third-order valence-electron chi connectivity index (χ3n) is 4.95. The number of hydrogen-bond acceptors (Lipinski definition) is 5. The Labute approximate surface area is 181 Å². The fourth-order valence-electron chi connectivity index (χ4n) is 3.72. The summed E-state index contributed by atoms with van der Waals surface area (Å²) in [5.41, 5.74) is 3.13. The summed E-state index contributed by atoms with van der Waals surface area (Å²) in [6.07, 6.45) is 0.239. The number of nitrogens with one attached hydrogen (secondary N) is 1. The Kier molecular flexibility index (Phi) is 6.53. The lowest BCUT2D eigenvalue weighted by atomic mass is 10.0. The Morgan fingerprint density at radius 1 is 0.968 bits per heavy atom. The maximum absolute atomic E-state index is 12.8. The van der Waals surface area contributed by atoms with Crippen molar-refractivity contribution in [1.82, 2.24) is 4.90 Å². The Morgan fingerprint density at radius 3 is 2.03 bits per heavy atom. The highest BCUT2D eigenvalue weighted by molar-refractivity contribution is 6.22. The third-order valence-corrected chi connectivity index (χ3v) is 4.95. The van der Waals surface area contributed by atoms with Crippen LogP contribution >= 0.6 is 0 Å². The van der Waals surface area contributed by atoms with Crippen molar-refractivity contribution in [2.45, 2.75) is 40.2 Å². The topological polar surface area (TPSA) is 92.8 Å². The first kappa shape index (κ1) is 22.2. The van der Waals surface area contributed by atoms with Gasteiger partial charge in [0.05, 0.1) is 11.1 Å². The van der Waals surface area contributed by atoms with Crippen LogP contribution in [0, 0.1) is 19.8 Å². The molecule has 31 heavy (non-hydrogen) atoms. The van der Waals surface area contributed by atoms with E-state index in [9.17, 15) is 19.2 Å². The van der Waals surface area contributed by atoms with Crippen LogP contribution in [-0.4, -0.2) is 41.2 Å². The average Bonchev–Trinajstić information content (AvgIpc) is 2.94. The summed E-state index contributed by atoms with van der Waals surface area (Å²) in [7, 11) is 0. The van der Waals surface area contributed by atoms with Gasteiger partial charge in [0.2, 0.25) is 0 Å². The molecule has 0 unspecified atom stereocenters. The van der Waals surface area contributed by atoms with Crippen LogP contribution in [0.2, 0.25) is 0 Å². The van der Waals surface area contributed by atoms with E-state index >= 15 is 0 Å². The first-order valence-corrected chi connectivity index (χ1v) is 10.2. The maximum Gasteiger partial charge on any atom is 0.329 e. The Hall–Kier alpha value is -3.48. The van der Waals surface area contributed by atoms with Gasteiger partial charge >= 0.3 is 5.97 Å². The minimum Gasteiger partial charge on any atom is -0.454 e. The molecule has 0 aromatic heterocycles. The highest BCUT2D eigenvalue weighted by Crippen LogP contribution is 2.27. The van der Waals surface area contributed by atoms with Gasteiger partial charge in [-0.1, -0.05) is 32.0 Å². The van der Waals surface area contributed by atoms with E-state index in [2.05, 4.69) is 5.32 Å². The van der Waals surface area contributed by atoms with Crippen molar-refractivity contribution in [3.63, 3.8) is 0 Å². The molecule has 7 heteroatoms. The van der Waals surface area contributed by atoms with Gasteiger partial charge in [-0.05, 0) is 61.6 Å². The van der Waals surface area contributed by atoms with Crippen LogP contribution in [0.4, 0.5) is 5.69 Å². The first-order chi connectivity index (χ1) is 14.7. The van der Waals surface area contributed by atoms with E-state index in [4.69, 9.17) is 4.74 Å². The Balaban J connectivity index is 1.70. The SMILES string of the molecule is Cc1cc(C)cc(NC(=O)COC(=O)[C@@H](CC(C)C)N2C(=O)c3ccccc3C2=O)c1. The highest BCUT2D eigenvalue weighted by atomic mass is 16.5. The number of nitrogens with zero attached hydrogens (tertiary/aromatic N) is 1. The molecular formula is C24H26N2O5. The largest absolute Gasteiger partial charge is 0.454 e. The van der Waals surface area contributed by atoms with E-state index in [1.165, 1.54) is 0 Å². The van der Waals surface area contributed by atoms with Crippen LogP contribution < -0.4 is 5.32 Å². The van der Waals surface area contributed by atoms with E-state index in [0.717, 1.165) is 16.0 Å². The van der Waals surface area contributed by atoms with Crippen LogP contribution in [0.1, 0.15) is 52.1 Å². The summed E-state index contributed by atoms with van der Waals surface area (Å²) in [4.78, 5) is 51.6. The van der Waals surface area contributed by atoms with Crippen LogP contribution in [-0.2, 0) is 14.3 Å². The summed E-state index contributed by atoms with van der Waals surface area (Å²) in [5, 5.41) is 2.70. The van der Waals surface area contributed by atoms with Crippen LogP contribution in [0.3, 0.4) is 0 Å². The van der Waals surface area contributed by atoms with Gasteiger partial charge < -0.3 is 10.1 Å². The van der Waals surface area contributed by atoms with Crippen LogP contribution in [0.25, 0.3) is 0 Å². The van der Waals surface area contributed by atoms with Gasteiger partial charge in [-0.2, -0.15) is 0 Å². The number of carbonyl (C=O) groups is 4. The second-order valence-electron chi connectivity index (χ2n) is 8.20. The van der Waals surface area contributed by atoms with Crippen LogP contribution in [0.15, 0.2) is 42.5 Å². The van der Waals surface area contributed by atoms with Gasteiger partial charge in [0.25, 0.3) is 17.7 Å². The number of benzene rings is 2. The van der Waals surface area contributed by atoms with Crippen molar-refractivity contribution in [1.29, 1.82) is 0 Å². The van der Waals surface area contributed by atoms with Crippen molar-refractivity contribution < 1.29 is 23.9 Å². The summed E-state index contributed by atoms with van der Waals surface area (Å²) in [6, 6.07) is 11.0. The van der Waals surface area contributed by atoms with Crippen molar-refractivity contribution in [3.8, 4) is 0 Å². The van der Waals surface area contributed by atoms with E-state index in [0.29, 0.717) is 5.69 Å². The molecule has 0 bridgehead atoms. The summed E-state index contributed by atoms with van der Waals surface area (Å²) in [5.74, 6) is -2.31. The molecule has 0 radical (unpaired) electrons. The lowest BCUT2D eigenvalue weighted by molar-refractivity contribution is -0.151. The molecule has 2 aromatic carbocycles. The number of hydrogen-bond donors (Lipinski definition) is 1. The molecule has 7 nitrogen and oxygen atoms in total. The standard InChI is InChI=1S/C24H26N2O5/c1-14(2)9-20(26-22(28)18-7-5-6-8-19(18)23(26)29)24(30)31-13-21(27)25-17-11-15(3)10-16(4)12-17/h5-8,10-12,14,20H,9,13H2,1-4H3,(H,25,27)/t20-/m1/s1. The Bertz CT molecular complexity index is 989. The fourth-order valence-corrected chi connectivity index (χ4v) is 3.72. The van der Waals surface area contributed by atoms with Gasteiger partial charge in [0, 0.05) is 5.69 Å². The van der Waals surface area contributed by atoms with E-state index in [1.54, 1.807) is 24.3 Å². The maximum atomic E-state index is 12.8. The van der Waals surface area contributed by atoms with Crippen molar-refractivity contribution in [3.05, 3.63) is 64.7 Å². The molecule has 0 aliphatic carbocycles. The molecule has 3 rings (SSSR count). The highest BCUT2D eigenvalue weighted by Gasteiger charge is 2.43. The van der Waals surface area contributed by atoms with E-state index in [-0.39, 0.29) is 23.5 Å². The second kappa shape index (κ2) is 9.12. The molecular weight excluding hydrogens is 396 g/mol. The monoisotopic (exact) mass is 422 g/mol. The fraction of sp³-hybridized carbons (Fsp3) is 0.333. The number of esters is 1. The van der Waals surface area contributed by atoms with Gasteiger partial charge in [-0.15, -0.1) is 0 Å². The lowest BCUT2D eigenvalue weighted by Gasteiger charge is -2.25. The molecule has 0 saturated heterocycles. The third kappa shape index (κ3) is 4.99. The number of ether oxygens (including phenoxy) is 1. The number of rotatable bonds is 7. The molecule has 162 valence electrons. The molecule has 1 aliphatic rings. The van der Waals surface area contributed by atoms with Gasteiger partial charge in [-0.3, -0.25) is 19.3 Å². The lowest BCUT2D eigenvalue weighted by Crippen LogP contribution is -2.46. The number of aryl methyl sites for hydroxylation is 2. The first-order valence-electron chi connectivity index (χ1n) is 10.2. The number of amides is 3. The summed E-state index contributed by atoms with van der Waals surface area (Å²) in [6.45, 7) is 7.09. The normalized spacial score (nSPS) is 13.9. The summed E-state index contributed by atoms with van der Waals surface area (Å²) < 4.78 is 5.21. The second-order valence-corrected chi connectivity index (χ2v) is 8.20. The number of imide groups is 1. The van der Waals surface area contributed by atoms with Crippen molar-refractivity contribution in [2.24, 2.45) is 5.92 Å². The molecule has 2 aromatic rings. The minimum absolute atomic E-state index is 0.0194. The number of fused-ring (bicyclic) bond motifs is 1. The van der Waals surface area contributed by atoms with Gasteiger partial charge in [0.15, 0.2) is 6.61 Å². The predicted octanol–water partition coefficient (Wildman–Crippen LogP) is 3.50. The average molecular weight is 422 g/mol. The minimum atomic E-state index is -1.10. The smallest absolute Gasteiger partial charge is 0.329 e. The number of anilines is 1. The van der Waals surface area contributed by atoms with Gasteiger partial charge in [0.1, 0.15) is 6.04 Å². The molecule has 1 aliphatic heterocycles. The molecule has 1 heterocycles. The zero-order valence-corrected chi connectivity index (χ0v) is 18.1. The molecule has 1 N–H and O–H groups in total. The summed E-state index contributed by atoms with van der Waals surface area (Å²) >= 11 is 0. The van der Waals surface area contributed by atoms with Gasteiger partial charge in [-0.25, -0.2) is 4.79 Å². The number of carbonyl (C=O) groups excluding carboxylic acids is 4. The zero-order chi connectivity index (χ0) is 22.7. The van der Waals surface area contributed by atoms with Crippen LogP contribution in [0.5, 0.6) is 0 Å². The van der Waals surface area contributed by atoms with E-state index < -0.39 is 36.3 Å². The molecule has 3 amide bonds. The van der Waals surface area contributed by atoms with Crippen molar-refractivity contribution >= 4 is 29.4 Å². The zero-order valence-electron chi connectivity index (χ0n) is 18.1. The molecule has 0 saturated carbocycles. The van der Waals surface area contributed by atoms with Crippen molar-refractivity contribution in [2.75, 3.05) is 11.9 Å².